The second kappa shape index (κ2) is 5.20. The molecule has 0 radical (unpaired) electrons. The number of carbonyl (C=O) groups excluding carboxylic acids is 1. The van der Waals surface area contributed by atoms with Gasteiger partial charge in [-0.15, -0.1) is 0 Å². The highest BCUT2D eigenvalue weighted by Gasteiger charge is 2.33. The van der Waals surface area contributed by atoms with E-state index in [9.17, 15) is 9.90 Å². The van der Waals surface area contributed by atoms with Crippen LogP contribution >= 0.6 is 0 Å². The number of amides is 1. The smallest absolute Gasteiger partial charge is 0.252 e. The van der Waals surface area contributed by atoms with E-state index in [2.05, 4.69) is 10.2 Å². The fourth-order valence-electron chi connectivity index (χ4n) is 3.14. The summed E-state index contributed by atoms with van der Waals surface area (Å²) >= 11 is 0. The lowest BCUT2D eigenvalue weighted by Gasteiger charge is -2.21. The Labute approximate surface area is 135 Å². The Morgan fingerprint density at radius 1 is 1.39 bits per heavy atom. The number of aliphatic hydroxyl groups is 1. The third-order valence-electron chi connectivity index (χ3n) is 4.64. The molecule has 1 saturated heterocycles. The van der Waals surface area contributed by atoms with Crippen LogP contribution in [0.25, 0.3) is 10.9 Å². The van der Waals surface area contributed by atoms with E-state index in [-0.39, 0.29) is 5.91 Å². The molecule has 0 spiro atoms. The Kier molecular flexibility index (Phi) is 3.27. The molecule has 23 heavy (non-hydrogen) atoms. The zero-order valence-electron chi connectivity index (χ0n) is 13.2. The van der Waals surface area contributed by atoms with E-state index in [0.717, 1.165) is 36.1 Å². The summed E-state index contributed by atoms with van der Waals surface area (Å²) in [7, 11) is 0. The fraction of sp³-hybridized carbons (Fsp3) is 0.444. The Hall–Kier alpha value is -2.14. The molecule has 1 atom stereocenters. The van der Waals surface area contributed by atoms with Gasteiger partial charge in [0.2, 0.25) is 0 Å². The minimum atomic E-state index is -0.691. The molecule has 0 bridgehead atoms. The lowest BCUT2D eigenvalue weighted by atomic mass is 10.1. The van der Waals surface area contributed by atoms with E-state index < -0.39 is 5.60 Å². The summed E-state index contributed by atoms with van der Waals surface area (Å²) in [5.41, 5.74) is 0.797. The van der Waals surface area contributed by atoms with Gasteiger partial charge in [-0.2, -0.15) is 0 Å². The number of hydrogen-bond donors (Lipinski definition) is 2. The highest BCUT2D eigenvalue weighted by molar-refractivity contribution is 6.07. The zero-order chi connectivity index (χ0) is 16.0. The van der Waals surface area contributed by atoms with Crippen molar-refractivity contribution in [1.29, 1.82) is 0 Å². The average Bonchev–Trinajstić information content (AvgIpc) is 3.27. The van der Waals surface area contributed by atoms with Crippen LogP contribution in [0.1, 0.15) is 36.5 Å². The summed E-state index contributed by atoms with van der Waals surface area (Å²) in [6.07, 6.45) is 2.85. The van der Waals surface area contributed by atoms with E-state index in [1.54, 1.807) is 0 Å². The summed E-state index contributed by atoms with van der Waals surface area (Å²) in [6.45, 7) is 3.14. The van der Waals surface area contributed by atoms with Crippen molar-refractivity contribution in [1.82, 2.24) is 10.3 Å². The maximum atomic E-state index is 12.6. The summed E-state index contributed by atoms with van der Waals surface area (Å²) in [5, 5.41) is 14.1. The maximum absolute atomic E-state index is 12.6. The second-order valence-corrected chi connectivity index (χ2v) is 6.96. The third kappa shape index (κ3) is 2.88. The number of nitrogens with zero attached hydrogens (tertiary/aromatic N) is 2. The van der Waals surface area contributed by atoms with Crippen molar-refractivity contribution >= 4 is 22.6 Å². The van der Waals surface area contributed by atoms with Crippen LogP contribution in [0, 0.1) is 0 Å². The molecular formula is C18H21N3O2. The molecular weight excluding hydrogens is 290 g/mol. The van der Waals surface area contributed by atoms with Gasteiger partial charge in [0.1, 0.15) is 5.82 Å². The summed E-state index contributed by atoms with van der Waals surface area (Å²) in [6, 6.07) is 9.92. The van der Waals surface area contributed by atoms with Crippen molar-refractivity contribution in [2.75, 3.05) is 18.0 Å². The molecule has 1 unspecified atom stereocenters. The molecule has 1 aromatic heterocycles. The quantitative estimate of drug-likeness (QED) is 0.911. The first-order valence-electron chi connectivity index (χ1n) is 8.20. The molecule has 1 aliphatic heterocycles. The molecule has 5 nitrogen and oxygen atoms in total. The number of carbonyl (C=O) groups is 1. The van der Waals surface area contributed by atoms with Gasteiger partial charge in [0.15, 0.2) is 0 Å². The number of nitrogens with one attached hydrogen (secondary N) is 1. The van der Waals surface area contributed by atoms with E-state index in [0.29, 0.717) is 24.6 Å². The van der Waals surface area contributed by atoms with Crippen LogP contribution in [0.2, 0.25) is 0 Å². The van der Waals surface area contributed by atoms with E-state index in [4.69, 9.17) is 4.98 Å². The molecule has 2 fully saturated rings. The van der Waals surface area contributed by atoms with Crippen molar-refractivity contribution < 1.29 is 9.90 Å². The number of hydrogen-bond acceptors (Lipinski definition) is 4. The highest BCUT2D eigenvalue weighted by atomic mass is 16.3. The molecule has 1 aromatic carbocycles. The SMILES string of the molecule is CC1(O)CCN(c2cc(C(=O)NC3CC3)c3ccccc3n2)C1. The van der Waals surface area contributed by atoms with Gasteiger partial charge in [-0.25, -0.2) is 4.98 Å². The van der Waals surface area contributed by atoms with Gasteiger partial charge in [0.05, 0.1) is 16.7 Å². The van der Waals surface area contributed by atoms with Crippen LogP contribution in [0.4, 0.5) is 5.82 Å². The monoisotopic (exact) mass is 311 g/mol. The molecule has 2 heterocycles. The Morgan fingerprint density at radius 2 is 2.17 bits per heavy atom. The molecule has 1 saturated carbocycles. The van der Waals surface area contributed by atoms with Gasteiger partial charge in [0, 0.05) is 24.5 Å². The van der Waals surface area contributed by atoms with Gasteiger partial charge in [0.25, 0.3) is 5.91 Å². The summed E-state index contributed by atoms with van der Waals surface area (Å²) < 4.78 is 0. The van der Waals surface area contributed by atoms with Crippen LogP contribution in [0.5, 0.6) is 0 Å². The van der Waals surface area contributed by atoms with Gasteiger partial charge < -0.3 is 15.3 Å². The first-order valence-corrected chi connectivity index (χ1v) is 8.20. The minimum absolute atomic E-state index is 0.0293. The lowest BCUT2D eigenvalue weighted by molar-refractivity contribution is 0.0839. The van der Waals surface area contributed by atoms with Crippen LogP contribution in [-0.2, 0) is 0 Å². The molecule has 1 aliphatic carbocycles. The van der Waals surface area contributed by atoms with Gasteiger partial charge >= 0.3 is 0 Å². The number of para-hydroxylation sites is 1. The Morgan fingerprint density at radius 3 is 2.87 bits per heavy atom. The first kappa shape index (κ1) is 14.5. The largest absolute Gasteiger partial charge is 0.388 e. The number of aromatic nitrogens is 1. The van der Waals surface area contributed by atoms with E-state index >= 15 is 0 Å². The van der Waals surface area contributed by atoms with Gasteiger partial charge in [-0.3, -0.25) is 4.79 Å². The molecule has 120 valence electrons. The predicted octanol–water partition coefficient (Wildman–Crippen LogP) is 2.09. The van der Waals surface area contributed by atoms with Crippen LogP contribution in [0.15, 0.2) is 30.3 Å². The molecule has 2 aromatic rings. The fourth-order valence-corrected chi connectivity index (χ4v) is 3.14. The summed E-state index contributed by atoms with van der Waals surface area (Å²) in [4.78, 5) is 19.3. The van der Waals surface area contributed by atoms with Crippen molar-refractivity contribution in [3.05, 3.63) is 35.9 Å². The molecule has 2 aliphatic rings. The van der Waals surface area contributed by atoms with E-state index in [1.165, 1.54) is 0 Å². The van der Waals surface area contributed by atoms with E-state index in [1.807, 2.05) is 37.3 Å². The van der Waals surface area contributed by atoms with Gasteiger partial charge in [-0.05, 0) is 38.3 Å². The van der Waals surface area contributed by atoms with Crippen molar-refractivity contribution in [2.45, 2.75) is 37.8 Å². The molecule has 2 N–H and O–H groups in total. The van der Waals surface area contributed by atoms with Crippen molar-refractivity contribution in [2.24, 2.45) is 0 Å². The highest BCUT2D eigenvalue weighted by Crippen LogP contribution is 2.29. The number of anilines is 1. The standard InChI is InChI=1S/C18H21N3O2/c1-18(23)8-9-21(11-18)16-10-14(17(22)19-12-6-7-12)13-4-2-3-5-15(13)20-16/h2-5,10,12,23H,6-9,11H2,1H3,(H,19,22). The normalized spacial score (nSPS) is 24.2. The first-order chi connectivity index (χ1) is 11.0. The molecule has 4 rings (SSSR count). The summed E-state index contributed by atoms with van der Waals surface area (Å²) in [5.74, 6) is 0.737. The molecule has 1 amide bonds. The number of pyridine rings is 1. The lowest BCUT2D eigenvalue weighted by Crippen LogP contribution is -2.30. The van der Waals surface area contributed by atoms with Gasteiger partial charge in [-0.1, -0.05) is 18.2 Å². The number of benzene rings is 1. The van der Waals surface area contributed by atoms with Crippen LogP contribution < -0.4 is 10.2 Å². The maximum Gasteiger partial charge on any atom is 0.252 e. The number of fused-ring (bicyclic) bond motifs is 1. The van der Waals surface area contributed by atoms with Crippen molar-refractivity contribution in [3.8, 4) is 0 Å². The predicted molar refractivity (Wildman–Crippen MR) is 89.7 cm³/mol. The van der Waals surface area contributed by atoms with Crippen LogP contribution in [0.3, 0.4) is 0 Å². The van der Waals surface area contributed by atoms with Crippen LogP contribution in [-0.4, -0.2) is 40.7 Å². The number of rotatable bonds is 3. The number of β-amino-alcohol motifs (C(OH)–C–C–N with tert-alkyl or cyclic N) is 1. The zero-order valence-corrected chi connectivity index (χ0v) is 13.2. The third-order valence-corrected chi connectivity index (χ3v) is 4.64. The minimum Gasteiger partial charge on any atom is -0.388 e. The Bertz CT molecular complexity index is 768. The topological polar surface area (TPSA) is 65.5 Å². The molecule has 5 heteroatoms. The van der Waals surface area contributed by atoms with Crippen molar-refractivity contribution in [3.63, 3.8) is 0 Å². The Balaban J connectivity index is 1.75. The average molecular weight is 311 g/mol. The second-order valence-electron chi connectivity index (χ2n) is 6.96.